The van der Waals surface area contributed by atoms with Crippen LogP contribution in [0.1, 0.15) is 10.5 Å². The van der Waals surface area contributed by atoms with Crippen LogP contribution in [-0.4, -0.2) is 23.3 Å². The number of aromatic nitrogens is 1. The lowest BCUT2D eigenvalue weighted by molar-refractivity contribution is 0.0953. The monoisotopic (exact) mass is 244 g/mol. The third-order valence-electron chi connectivity index (χ3n) is 1.60. The molecule has 0 fully saturated rings. The molecular formula is C10H10Cl2N2O. The molecule has 0 aliphatic rings. The van der Waals surface area contributed by atoms with Crippen LogP contribution in [0.3, 0.4) is 0 Å². The van der Waals surface area contributed by atoms with E-state index in [9.17, 15) is 4.79 Å². The van der Waals surface area contributed by atoms with Crippen molar-refractivity contribution in [2.45, 2.75) is 0 Å². The van der Waals surface area contributed by atoms with Gasteiger partial charge >= 0.3 is 0 Å². The van der Waals surface area contributed by atoms with Crippen LogP contribution >= 0.6 is 23.2 Å². The van der Waals surface area contributed by atoms with Gasteiger partial charge in [-0.25, -0.2) is 4.98 Å². The fourth-order valence-electron chi connectivity index (χ4n) is 0.899. The molecule has 0 unspecified atom stereocenters. The number of carbonyl (C=O) groups excluding carboxylic acids is 1. The van der Waals surface area contributed by atoms with E-state index < -0.39 is 0 Å². The second kappa shape index (κ2) is 6.43. The van der Waals surface area contributed by atoms with Crippen LogP contribution in [0.2, 0.25) is 5.02 Å². The summed E-state index contributed by atoms with van der Waals surface area (Å²) >= 11 is 11.1. The summed E-state index contributed by atoms with van der Waals surface area (Å²) in [5.41, 5.74) is 0.346. The highest BCUT2D eigenvalue weighted by molar-refractivity contribution is 6.30. The molecule has 0 spiro atoms. The summed E-state index contributed by atoms with van der Waals surface area (Å²) in [5, 5.41) is 3.17. The van der Waals surface area contributed by atoms with Gasteiger partial charge in [0, 0.05) is 18.6 Å². The molecule has 15 heavy (non-hydrogen) atoms. The van der Waals surface area contributed by atoms with E-state index in [0.717, 1.165) is 0 Å². The number of hydrogen-bond donors (Lipinski definition) is 1. The van der Waals surface area contributed by atoms with E-state index in [-0.39, 0.29) is 5.91 Å². The van der Waals surface area contributed by atoms with Crippen molar-refractivity contribution in [3.05, 3.63) is 41.2 Å². The Labute approximate surface area is 98.1 Å². The van der Waals surface area contributed by atoms with Crippen LogP contribution in [0.5, 0.6) is 0 Å². The number of pyridine rings is 1. The van der Waals surface area contributed by atoms with E-state index in [2.05, 4.69) is 10.3 Å². The summed E-state index contributed by atoms with van der Waals surface area (Å²) < 4.78 is 0. The SMILES string of the molecule is O=C(NC/C=C/CCl)c1ccc(Cl)cn1. The summed E-state index contributed by atoms with van der Waals surface area (Å²) in [7, 11) is 0. The van der Waals surface area contributed by atoms with Crippen molar-refractivity contribution in [1.82, 2.24) is 10.3 Å². The van der Waals surface area contributed by atoms with Crippen LogP contribution in [0.25, 0.3) is 0 Å². The zero-order valence-corrected chi connectivity index (χ0v) is 9.42. The number of carbonyl (C=O) groups is 1. The van der Waals surface area contributed by atoms with Crippen molar-refractivity contribution in [2.75, 3.05) is 12.4 Å². The summed E-state index contributed by atoms with van der Waals surface area (Å²) in [6.07, 6.45) is 4.98. The molecule has 0 aliphatic heterocycles. The fourth-order valence-corrected chi connectivity index (χ4v) is 1.14. The fraction of sp³-hybridized carbons (Fsp3) is 0.200. The normalized spacial score (nSPS) is 10.5. The first-order valence-electron chi connectivity index (χ1n) is 4.34. The second-order valence-corrected chi connectivity index (χ2v) is 3.44. The van der Waals surface area contributed by atoms with Gasteiger partial charge in [0.1, 0.15) is 5.69 Å². The molecule has 0 aromatic carbocycles. The number of rotatable bonds is 4. The number of alkyl halides is 1. The lowest BCUT2D eigenvalue weighted by Gasteiger charge is -2.00. The predicted molar refractivity (Wildman–Crippen MR) is 61.4 cm³/mol. The Morgan fingerprint density at radius 2 is 2.27 bits per heavy atom. The maximum absolute atomic E-state index is 11.4. The van der Waals surface area contributed by atoms with Crippen molar-refractivity contribution in [3.63, 3.8) is 0 Å². The molecular weight excluding hydrogens is 235 g/mol. The third kappa shape index (κ3) is 4.32. The van der Waals surface area contributed by atoms with Gasteiger partial charge in [-0.05, 0) is 12.1 Å². The number of hydrogen-bond acceptors (Lipinski definition) is 2. The molecule has 1 heterocycles. The minimum absolute atomic E-state index is 0.231. The summed E-state index contributed by atoms with van der Waals surface area (Å²) in [4.78, 5) is 15.3. The first-order valence-corrected chi connectivity index (χ1v) is 5.26. The maximum Gasteiger partial charge on any atom is 0.270 e. The van der Waals surface area contributed by atoms with Crippen LogP contribution < -0.4 is 5.32 Å². The Bertz CT molecular complexity index is 349. The molecule has 0 aliphatic carbocycles. The molecule has 0 atom stereocenters. The van der Waals surface area contributed by atoms with Crippen molar-refractivity contribution in [3.8, 4) is 0 Å². The number of halogens is 2. The van der Waals surface area contributed by atoms with Gasteiger partial charge in [0.2, 0.25) is 0 Å². The lowest BCUT2D eigenvalue weighted by Crippen LogP contribution is -2.24. The Kier molecular flexibility index (Phi) is 5.15. The molecule has 1 aromatic rings. The average molecular weight is 245 g/mol. The zero-order valence-electron chi connectivity index (χ0n) is 7.91. The largest absolute Gasteiger partial charge is 0.347 e. The van der Waals surface area contributed by atoms with Gasteiger partial charge in [-0.15, -0.1) is 11.6 Å². The molecule has 0 saturated carbocycles. The first-order chi connectivity index (χ1) is 7.24. The highest BCUT2D eigenvalue weighted by atomic mass is 35.5. The van der Waals surface area contributed by atoms with Crippen LogP contribution in [0.15, 0.2) is 30.5 Å². The molecule has 80 valence electrons. The standard InChI is InChI=1S/C10H10Cl2N2O/c11-5-1-2-6-13-10(15)9-4-3-8(12)7-14-9/h1-4,7H,5-6H2,(H,13,15)/b2-1+. The third-order valence-corrected chi connectivity index (χ3v) is 2.00. The average Bonchev–Trinajstić information content (AvgIpc) is 2.25. The van der Waals surface area contributed by atoms with Crippen LogP contribution in [-0.2, 0) is 0 Å². The second-order valence-electron chi connectivity index (χ2n) is 2.70. The van der Waals surface area contributed by atoms with Crippen LogP contribution in [0, 0.1) is 0 Å². The number of allylic oxidation sites excluding steroid dienone is 1. The molecule has 1 aromatic heterocycles. The van der Waals surface area contributed by atoms with E-state index >= 15 is 0 Å². The molecule has 0 bridgehead atoms. The van der Waals surface area contributed by atoms with Gasteiger partial charge in [-0.1, -0.05) is 23.8 Å². The van der Waals surface area contributed by atoms with E-state index in [1.165, 1.54) is 6.20 Å². The van der Waals surface area contributed by atoms with Gasteiger partial charge in [0.25, 0.3) is 5.91 Å². The first kappa shape index (κ1) is 12.0. The molecule has 0 saturated heterocycles. The minimum atomic E-state index is -0.231. The smallest absolute Gasteiger partial charge is 0.270 e. The predicted octanol–water partition coefficient (Wildman–Crippen LogP) is 2.26. The summed E-state index contributed by atoms with van der Waals surface area (Å²) in [5.74, 6) is 0.209. The van der Waals surface area contributed by atoms with Gasteiger partial charge in [0.15, 0.2) is 0 Å². The highest BCUT2D eigenvalue weighted by Gasteiger charge is 2.04. The molecule has 1 amide bonds. The highest BCUT2D eigenvalue weighted by Crippen LogP contribution is 2.05. The summed E-state index contributed by atoms with van der Waals surface area (Å²) in [6, 6.07) is 3.20. The molecule has 3 nitrogen and oxygen atoms in total. The van der Waals surface area contributed by atoms with Crippen molar-refractivity contribution in [1.29, 1.82) is 0 Å². The maximum atomic E-state index is 11.4. The van der Waals surface area contributed by atoms with Crippen molar-refractivity contribution in [2.24, 2.45) is 0 Å². The Hall–Kier alpha value is -1.06. The Balaban J connectivity index is 2.47. The minimum Gasteiger partial charge on any atom is -0.347 e. The van der Waals surface area contributed by atoms with Gasteiger partial charge in [0.05, 0.1) is 5.02 Å². The number of nitrogens with one attached hydrogen (secondary N) is 1. The van der Waals surface area contributed by atoms with E-state index in [4.69, 9.17) is 23.2 Å². The lowest BCUT2D eigenvalue weighted by atomic mass is 10.3. The number of nitrogens with zero attached hydrogens (tertiary/aromatic N) is 1. The topological polar surface area (TPSA) is 42.0 Å². The zero-order chi connectivity index (χ0) is 11.1. The molecule has 0 radical (unpaired) electrons. The van der Waals surface area contributed by atoms with Crippen molar-refractivity contribution >= 4 is 29.1 Å². The molecule has 1 N–H and O–H groups in total. The van der Waals surface area contributed by atoms with Gasteiger partial charge in [-0.2, -0.15) is 0 Å². The quantitative estimate of drug-likeness (QED) is 0.653. The van der Waals surface area contributed by atoms with E-state index in [1.54, 1.807) is 24.3 Å². The molecule has 1 rings (SSSR count). The van der Waals surface area contributed by atoms with Crippen molar-refractivity contribution < 1.29 is 4.79 Å². The van der Waals surface area contributed by atoms with Crippen LogP contribution in [0.4, 0.5) is 0 Å². The van der Waals surface area contributed by atoms with E-state index in [0.29, 0.717) is 23.1 Å². The number of amides is 1. The Morgan fingerprint density at radius 3 is 2.87 bits per heavy atom. The molecule has 5 heteroatoms. The van der Waals surface area contributed by atoms with Gasteiger partial charge < -0.3 is 5.32 Å². The summed E-state index contributed by atoms with van der Waals surface area (Å²) in [6.45, 7) is 0.440. The van der Waals surface area contributed by atoms with Gasteiger partial charge in [-0.3, -0.25) is 4.79 Å². The Morgan fingerprint density at radius 1 is 1.47 bits per heavy atom. The van der Waals surface area contributed by atoms with E-state index in [1.807, 2.05) is 0 Å².